The van der Waals surface area contributed by atoms with Crippen molar-refractivity contribution in [3.8, 4) is 0 Å². The number of nitrogens with one attached hydrogen (secondary N) is 1. The first kappa shape index (κ1) is 14.2. The van der Waals surface area contributed by atoms with E-state index in [0.29, 0.717) is 18.4 Å². The van der Waals surface area contributed by atoms with Crippen LogP contribution in [0.4, 0.5) is 0 Å². The van der Waals surface area contributed by atoms with Crippen molar-refractivity contribution in [3.63, 3.8) is 0 Å². The summed E-state index contributed by atoms with van der Waals surface area (Å²) in [6.45, 7) is 2.23. The largest absolute Gasteiger partial charge is 0.355 e. The number of carbonyl (C=O) groups is 1. The van der Waals surface area contributed by atoms with Crippen molar-refractivity contribution in [2.24, 2.45) is 5.92 Å². The van der Waals surface area contributed by atoms with Gasteiger partial charge in [0.2, 0.25) is 11.8 Å². The lowest BCUT2D eigenvalue weighted by Crippen LogP contribution is -2.40. The van der Waals surface area contributed by atoms with Gasteiger partial charge in [0.25, 0.3) is 0 Å². The van der Waals surface area contributed by atoms with Crippen LogP contribution in [0.1, 0.15) is 68.6 Å². The van der Waals surface area contributed by atoms with Gasteiger partial charge in [-0.05, 0) is 51.0 Å². The highest BCUT2D eigenvalue weighted by Crippen LogP contribution is 2.40. The van der Waals surface area contributed by atoms with Crippen molar-refractivity contribution in [2.45, 2.75) is 56.9 Å². The molecule has 120 valence electrons. The lowest BCUT2D eigenvalue weighted by Gasteiger charge is -2.26. The molecule has 1 N–H and O–H groups in total. The molecule has 22 heavy (non-hydrogen) atoms. The standard InChI is InChI=1S/C16H24N4O2/c21-14(17-9-11-3-1-4-11)10-20-8-2-5-13(20)15-18-16(22-19-15)12-6-7-12/h11-13H,1-10H2,(H,17,21)/t13-/m0/s1. The Hall–Kier alpha value is -1.43. The Morgan fingerprint density at radius 1 is 1.23 bits per heavy atom. The molecule has 4 rings (SSSR count). The van der Waals surface area contributed by atoms with E-state index in [1.54, 1.807) is 0 Å². The molecule has 0 unspecified atom stereocenters. The van der Waals surface area contributed by atoms with E-state index in [1.807, 2.05) is 0 Å². The van der Waals surface area contributed by atoms with Crippen LogP contribution in [0, 0.1) is 5.92 Å². The van der Waals surface area contributed by atoms with E-state index in [0.717, 1.165) is 37.6 Å². The highest BCUT2D eigenvalue weighted by atomic mass is 16.5. The topological polar surface area (TPSA) is 71.3 Å². The van der Waals surface area contributed by atoms with Gasteiger partial charge < -0.3 is 9.84 Å². The number of carbonyl (C=O) groups excluding carboxylic acids is 1. The van der Waals surface area contributed by atoms with Gasteiger partial charge in [0.1, 0.15) is 0 Å². The molecule has 0 radical (unpaired) electrons. The number of hydrogen-bond acceptors (Lipinski definition) is 5. The molecule has 1 atom stereocenters. The number of rotatable bonds is 6. The van der Waals surface area contributed by atoms with E-state index in [4.69, 9.17) is 4.52 Å². The molecule has 1 aromatic heterocycles. The molecule has 1 aromatic rings. The van der Waals surface area contributed by atoms with Crippen molar-refractivity contribution in [2.75, 3.05) is 19.6 Å². The minimum Gasteiger partial charge on any atom is -0.355 e. The number of nitrogens with zero attached hydrogens (tertiary/aromatic N) is 3. The third-order valence-electron chi connectivity index (χ3n) is 5.21. The van der Waals surface area contributed by atoms with Crippen molar-refractivity contribution in [1.29, 1.82) is 0 Å². The second kappa shape index (κ2) is 5.99. The molecule has 2 aliphatic carbocycles. The van der Waals surface area contributed by atoms with Crippen LogP contribution in [0.25, 0.3) is 0 Å². The molecule has 0 aromatic carbocycles. The third-order valence-corrected chi connectivity index (χ3v) is 5.21. The molecule has 0 spiro atoms. The molecule has 2 saturated carbocycles. The van der Waals surface area contributed by atoms with Crippen LogP contribution in [0.15, 0.2) is 4.52 Å². The number of likely N-dealkylation sites (tertiary alicyclic amines) is 1. The summed E-state index contributed by atoms with van der Waals surface area (Å²) in [6.07, 6.45) is 8.28. The lowest BCUT2D eigenvalue weighted by atomic mass is 9.85. The van der Waals surface area contributed by atoms with Crippen LogP contribution in [0.5, 0.6) is 0 Å². The minimum absolute atomic E-state index is 0.129. The van der Waals surface area contributed by atoms with Crippen LogP contribution >= 0.6 is 0 Å². The second-order valence-corrected chi connectivity index (χ2v) is 6.99. The summed E-state index contributed by atoms with van der Waals surface area (Å²) >= 11 is 0. The van der Waals surface area contributed by atoms with Gasteiger partial charge >= 0.3 is 0 Å². The van der Waals surface area contributed by atoms with E-state index in [2.05, 4.69) is 20.4 Å². The zero-order valence-electron chi connectivity index (χ0n) is 13.0. The van der Waals surface area contributed by atoms with Gasteiger partial charge in [-0.2, -0.15) is 4.98 Å². The fourth-order valence-electron chi connectivity index (χ4n) is 3.38. The summed E-state index contributed by atoms with van der Waals surface area (Å²) in [5.41, 5.74) is 0. The van der Waals surface area contributed by atoms with Gasteiger partial charge in [-0.3, -0.25) is 9.69 Å². The fourth-order valence-corrected chi connectivity index (χ4v) is 3.38. The zero-order chi connectivity index (χ0) is 14.9. The smallest absolute Gasteiger partial charge is 0.234 e. The molecule has 1 amide bonds. The summed E-state index contributed by atoms with van der Waals surface area (Å²) in [6, 6.07) is 0.144. The molecule has 2 heterocycles. The molecule has 1 aliphatic heterocycles. The van der Waals surface area contributed by atoms with Gasteiger partial charge in [-0.15, -0.1) is 0 Å². The predicted octanol–water partition coefficient (Wildman–Crippen LogP) is 2.00. The van der Waals surface area contributed by atoms with Crippen LogP contribution in [0.2, 0.25) is 0 Å². The number of aromatic nitrogens is 2. The molecule has 1 saturated heterocycles. The summed E-state index contributed by atoms with van der Waals surface area (Å²) in [4.78, 5) is 18.9. The molecular weight excluding hydrogens is 280 g/mol. The van der Waals surface area contributed by atoms with Crippen LogP contribution < -0.4 is 5.32 Å². The van der Waals surface area contributed by atoms with Crippen molar-refractivity contribution in [3.05, 3.63) is 11.7 Å². The van der Waals surface area contributed by atoms with Gasteiger partial charge in [-0.1, -0.05) is 11.6 Å². The van der Waals surface area contributed by atoms with Gasteiger partial charge in [-0.25, -0.2) is 0 Å². The highest BCUT2D eigenvalue weighted by molar-refractivity contribution is 5.78. The van der Waals surface area contributed by atoms with Crippen LogP contribution in [-0.4, -0.2) is 40.6 Å². The first-order valence-electron chi connectivity index (χ1n) is 8.64. The van der Waals surface area contributed by atoms with E-state index < -0.39 is 0 Å². The average molecular weight is 304 g/mol. The summed E-state index contributed by atoms with van der Waals surface area (Å²) in [7, 11) is 0. The molecule has 3 aliphatic rings. The predicted molar refractivity (Wildman–Crippen MR) is 80.2 cm³/mol. The quantitative estimate of drug-likeness (QED) is 0.870. The van der Waals surface area contributed by atoms with Gasteiger partial charge in [0.15, 0.2) is 5.82 Å². The lowest BCUT2D eigenvalue weighted by molar-refractivity contribution is -0.122. The van der Waals surface area contributed by atoms with E-state index in [-0.39, 0.29) is 11.9 Å². The van der Waals surface area contributed by atoms with E-state index in [9.17, 15) is 4.79 Å². The maximum atomic E-state index is 12.1. The van der Waals surface area contributed by atoms with Crippen LogP contribution in [0.3, 0.4) is 0 Å². The Kier molecular flexibility index (Phi) is 3.86. The number of hydrogen-bond donors (Lipinski definition) is 1. The molecule has 0 bridgehead atoms. The van der Waals surface area contributed by atoms with Crippen LogP contribution in [-0.2, 0) is 4.79 Å². The monoisotopic (exact) mass is 304 g/mol. The molecule has 6 heteroatoms. The van der Waals surface area contributed by atoms with E-state index >= 15 is 0 Å². The summed E-state index contributed by atoms with van der Waals surface area (Å²) in [5.74, 6) is 2.88. The Morgan fingerprint density at radius 3 is 2.82 bits per heavy atom. The minimum atomic E-state index is 0.129. The maximum absolute atomic E-state index is 12.1. The molecule has 3 fully saturated rings. The molecular formula is C16H24N4O2. The zero-order valence-corrected chi connectivity index (χ0v) is 13.0. The number of amides is 1. The summed E-state index contributed by atoms with van der Waals surface area (Å²) < 4.78 is 5.37. The maximum Gasteiger partial charge on any atom is 0.234 e. The van der Waals surface area contributed by atoms with Gasteiger partial charge in [0.05, 0.1) is 12.6 Å². The fraction of sp³-hybridized carbons (Fsp3) is 0.812. The van der Waals surface area contributed by atoms with Crippen molar-refractivity contribution < 1.29 is 9.32 Å². The third kappa shape index (κ3) is 3.02. The van der Waals surface area contributed by atoms with E-state index in [1.165, 1.54) is 32.1 Å². The van der Waals surface area contributed by atoms with Gasteiger partial charge in [0, 0.05) is 12.5 Å². The molecule has 6 nitrogen and oxygen atoms in total. The Bertz CT molecular complexity index is 536. The van der Waals surface area contributed by atoms with Crippen molar-refractivity contribution >= 4 is 5.91 Å². The Labute approximate surface area is 130 Å². The van der Waals surface area contributed by atoms with Crippen molar-refractivity contribution in [1.82, 2.24) is 20.4 Å². The SMILES string of the molecule is O=C(CN1CCC[C@H]1c1noc(C2CC2)n1)NCC1CCC1. The first-order chi connectivity index (χ1) is 10.8. The summed E-state index contributed by atoms with van der Waals surface area (Å²) in [5, 5.41) is 7.23. The Morgan fingerprint density at radius 2 is 2.09 bits per heavy atom. The first-order valence-corrected chi connectivity index (χ1v) is 8.64. The Balaban J connectivity index is 1.32. The normalized spacial score (nSPS) is 26.1. The second-order valence-electron chi connectivity index (χ2n) is 6.99. The average Bonchev–Trinajstić information content (AvgIpc) is 3.01. The highest BCUT2D eigenvalue weighted by Gasteiger charge is 2.34.